The average molecular weight is 326 g/mol. The second-order valence-electron chi connectivity index (χ2n) is 5.61. The fourth-order valence-corrected chi connectivity index (χ4v) is 2.46. The summed E-state index contributed by atoms with van der Waals surface area (Å²) in [4.78, 5) is 16.8. The first kappa shape index (κ1) is 17.5. The topological polar surface area (TPSA) is 70.8 Å². The maximum absolute atomic E-state index is 10.8. The SMILES string of the molecule is CN=C(NCc1cccc([N+](=O)[O-])c1)N(C)Cc1ccccc1C. The Labute approximate surface area is 142 Å². The quantitative estimate of drug-likeness (QED) is 0.397. The summed E-state index contributed by atoms with van der Waals surface area (Å²) in [5.41, 5.74) is 3.41. The van der Waals surface area contributed by atoms with E-state index >= 15 is 0 Å². The number of aliphatic imine (C=N–C) groups is 1. The van der Waals surface area contributed by atoms with Gasteiger partial charge < -0.3 is 10.2 Å². The lowest BCUT2D eigenvalue weighted by molar-refractivity contribution is -0.384. The van der Waals surface area contributed by atoms with Gasteiger partial charge in [0.15, 0.2) is 5.96 Å². The average Bonchev–Trinajstić information content (AvgIpc) is 2.57. The van der Waals surface area contributed by atoms with Crippen molar-refractivity contribution in [1.29, 1.82) is 0 Å². The molecule has 6 heteroatoms. The number of nitrogens with zero attached hydrogens (tertiary/aromatic N) is 3. The maximum atomic E-state index is 10.8. The predicted octanol–water partition coefficient (Wildman–Crippen LogP) is 3.11. The summed E-state index contributed by atoms with van der Waals surface area (Å²) >= 11 is 0. The van der Waals surface area contributed by atoms with E-state index in [0.29, 0.717) is 6.54 Å². The zero-order valence-corrected chi connectivity index (χ0v) is 14.2. The van der Waals surface area contributed by atoms with Crippen LogP contribution in [0.25, 0.3) is 0 Å². The van der Waals surface area contributed by atoms with Gasteiger partial charge in [0.25, 0.3) is 5.69 Å². The zero-order chi connectivity index (χ0) is 17.5. The van der Waals surface area contributed by atoms with Crippen molar-refractivity contribution in [2.75, 3.05) is 14.1 Å². The highest BCUT2D eigenvalue weighted by Crippen LogP contribution is 2.13. The third-order valence-electron chi connectivity index (χ3n) is 3.81. The third-order valence-corrected chi connectivity index (χ3v) is 3.81. The van der Waals surface area contributed by atoms with Gasteiger partial charge >= 0.3 is 0 Å². The lowest BCUT2D eigenvalue weighted by Gasteiger charge is -2.23. The first-order chi connectivity index (χ1) is 11.5. The van der Waals surface area contributed by atoms with Gasteiger partial charge in [-0.05, 0) is 23.6 Å². The summed E-state index contributed by atoms with van der Waals surface area (Å²) in [6, 6.07) is 14.8. The predicted molar refractivity (Wildman–Crippen MR) is 95.9 cm³/mol. The minimum absolute atomic E-state index is 0.0950. The van der Waals surface area contributed by atoms with Gasteiger partial charge in [-0.25, -0.2) is 0 Å². The number of nitrogens with one attached hydrogen (secondary N) is 1. The van der Waals surface area contributed by atoms with Crippen LogP contribution in [-0.2, 0) is 13.1 Å². The summed E-state index contributed by atoms with van der Waals surface area (Å²) < 4.78 is 0. The summed E-state index contributed by atoms with van der Waals surface area (Å²) in [7, 11) is 3.69. The van der Waals surface area contributed by atoms with Gasteiger partial charge in [-0.1, -0.05) is 36.4 Å². The molecule has 0 saturated carbocycles. The van der Waals surface area contributed by atoms with Crippen molar-refractivity contribution >= 4 is 11.6 Å². The first-order valence-electron chi connectivity index (χ1n) is 7.71. The zero-order valence-electron chi connectivity index (χ0n) is 14.2. The van der Waals surface area contributed by atoms with Gasteiger partial charge in [0.2, 0.25) is 0 Å². The number of hydrogen-bond acceptors (Lipinski definition) is 3. The Morgan fingerprint density at radius 3 is 2.67 bits per heavy atom. The molecule has 1 N–H and O–H groups in total. The lowest BCUT2D eigenvalue weighted by atomic mass is 10.1. The normalized spacial score (nSPS) is 11.2. The molecule has 0 spiro atoms. The summed E-state index contributed by atoms with van der Waals surface area (Å²) in [6.07, 6.45) is 0. The van der Waals surface area contributed by atoms with Gasteiger partial charge in [-0.3, -0.25) is 15.1 Å². The van der Waals surface area contributed by atoms with Crippen molar-refractivity contribution in [3.8, 4) is 0 Å². The largest absolute Gasteiger partial charge is 0.352 e. The second kappa shape index (κ2) is 8.10. The van der Waals surface area contributed by atoms with E-state index in [4.69, 9.17) is 0 Å². The fourth-order valence-electron chi connectivity index (χ4n) is 2.46. The third kappa shape index (κ3) is 4.55. The molecular weight excluding hydrogens is 304 g/mol. The molecule has 2 aromatic rings. The maximum Gasteiger partial charge on any atom is 0.269 e. The molecular formula is C18H22N4O2. The molecule has 0 aliphatic carbocycles. The van der Waals surface area contributed by atoms with Crippen molar-refractivity contribution in [2.24, 2.45) is 4.99 Å². The van der Waals surface area contributed by atoms with E-state index in [2.05, 4.69) is 29.4 Å². The Bertz CT molecular complexity index is 743. The molecule has 0 radical (unpaired) electrons. The van der Waals surface area contributed by atoms with E-state index in [9.17, 15) is 10.1 Å². The number of hydrogen-bond donors (Lipinski definition) is 1. The molecule has 126 valence electrons. The van der Waals surface area contributed by atoms with Crippen LogP contribution >= 0.6 is 0 Å². The molecule has 6 nitrogen and oxygen atoms in total. The molecule has 0 fully saturated rings. The Morgan fingerprint density at radius 1 is 1.25 bits per heavy atom. The highest BCUT2D eigenvalue weighted by atomic mass is 16.6. The van der Waals surface area contributed by atoms with Gasteiger partial charge in [0.1, 0.15) is 0 Å². The van der Waals surface area contributed by atoms with Gasteiger partial charge in [-0.15, -0.1) is 0 Å². The molecule has 0 saturated heterocycles. The molecule has 0 atom stereocenters. The van der Waals surface area contributed by atoms with E-state index in [1.54, 1.807) is 19.2 Å². The van der Waals surface area contributed by atoms with E-state index in [0.717, 1.165) is 18.1 Å². The summed E-state index contributed by atoms with van der Waals surface area (Å²) in [5.74, 6) is 0.741. The van der Waals surface area contributed by atoms with Crippen LogP contribution in [0.15, 0.2) is 53.5 Å². The van der Waals surface area contributed by atoms with Crippen molar-refractivity contribution in [1.82, 2.24) is 10.2 Å². The van der Waals surface area contributed by atoms with E-state index in [1.165, 1.54) is 17.2 Å². The van der Waals surface area contributed by atoms with E-state index < -0.39 is 0 Å². The molecule has 0 aliphatic rings. The van der Waals surface area contributed by atoms with Crippen LogP contribution < -0.4 is 5.32 Å². The number of guanidine groups is 1. The molecule has 0 aliphatic heterocycles. The molecule has 0 amide bonds. The minimum Gasteiger partial charge on any atom is -0.352 e. The lowest BCUT2D eigenvalue weighted by Crippen LogP contribution is -2.38. The van der Waals surface area contributed by atoms with Gasteiger partial charge in [-0.2, -0.15) is 0 Å². The van der Waals surface area contributed by atoms with Crippen molar-refractivity contribution < 1.29 is 4.92 Å². The van der Waals surface area contributed by atoms with Crippen molar-refractivity contribution in [3.05, 3.63) is 75.3 Å². The van der Waals surface area contributed by atoms with Crippen LogP contribution in [0.2, 0.25) is 0 Å². The van der Waals surface area contributed by atoms with Crippen LogP contribution in [0.3, 0.4) is 0 Å². The Morgan fingerprint density at radius 2 is 2.00 bits per heavy atom. The van der Waals surface area contributed by atoms with Crippen LogP contribution in [0.1, 0.15) is 16.7 Å². The Kier molecular flexibility index (Phi) is 5.89. The highest BCUT2D eigenvalue weighted by Gasteiger charge is 2.09. The van der Waals surface area contributed by atoms with Crippen LogP contribution in [0, 0.1) is 17.0 Å². The number of nitro groups is 1. The minimum atomic E-state index is -0.386. The number of non-ortho nitro benzene ring substituents is 1. The number of aryl methyl sites for hydroxylation is 1. The molecule has 2 rings (SSSR count). The number of rotatable bonds is 5. The molecule has 0 aromatic heterocycles. The fraction of sp³-hybridized carbons (Fsp3) is 0.278. The number of nitro benzene ring substituents is 1. The van der Waals surface area contributed by atoms with Crippen molar-refractivity contribution in [2.45, 2.75) is 20.0 Å². The summed E-state index contributed by atoms with van der Waals surface area (Å²) in [6.45, 7) is 3.30. The van der Waals surface area contributed by atoms with Gasteiger partial charge in [0, 0.05) is 39.3 Å². The van der Waals surface area contributed by atoms with Crippen LogP contribution in [0.4, 0.5) is 5.69 Å². The first-order valence-corrected chi connectivity index (χ1v) is 7.71. The Hall–Kier alpha value is -2.89. The van der Waals surface area contributed by atoms with Crippen LogP contribution in [0.5, 0.6) is 0 Å². The van der Waals surface area contributed by atoms with Crippen molar-refractivity contribution in [3.63, 3.8) is 0 Å². The summed E-state index contributed by atoms with van der Waals surface area (Å²) in [5, 5.41) is 14.1. The highest BCUT2D eigenvalue weighted by molar-refractivity contribution is 5.79. The van der Waals surface area contributed by atoms with Crippen LogP contribution in [-0.4, -0.2) is 29.9 Å². The number of benzene rings is 2. The standard InChI is InChI=1S/C18H22N4O2/c1-14-7-4-5-9-16(14)13-21(3)18(19-2)20-12-15-8-6-10-17(11-15)22(23)24/h4-11H,12-13H2,1-3H3,(H,19,20). The Balaban J connectivity index is 2.00. The molecule has 0 unspecified atom stereocenters. The molecule has 2 aromatic carbocycles. The van der Waals surface area contributed by atoms with E-state index in [-0.39, 0.29) is 10.6 Å². The monoisotopic (exact) mass is 326 g/mol. The smallest absolute Gasteiger partial charge is 0.269 e. The second-order valence-corrected chi connectivity index (χ2v) is 5.61. The van der Waals surface area contributed by atoms with Gasteiger partial charge in [0.05, 0.1) is 4.92 Å². The molecule has 0 heterocycles. The molecule has 24 heavy (non-hydrogen) atoms. The van der Waals surface area contributed by atoms with E-state index in [1.807, 2.05) is 30.1 Å². The molecule has 0 bridgehead atoms.